The van der Waals surface area contributed by atoms with Crippen LogP contribution in [0.5, 0.6) is 5.75 Å². The molecule has 0 aromatic heterocycles. The molecular formula is C20H25BrN2O4S. The number of likely N-dealkylation sites (N-methyl/N-ethyl adjacent to an activating group) is 1. The van der Waals surface area contributed by atoms with Crippen LogP contribution in [0.25, 0.3) is 0 Å². The van der Waals surface area contributed by atoms with Crippen molar-refractivity contribution in [2.24, 2.45) is 0 Å². The predicted octanol–water partition coefficient (Wildman–Crippen LogP) is 3.74. The number of nitrogens with one attached hydrogen (secondary N) is 1. The number of halogens is 1. The predicted molar refractivity (Wildman–Crippen MR) is 113 cm³/mol. The molecule has 0 spiro atoms. The molecule has 8 heteroatoms. The van der Waals surface area contributed by atoms with Gasteiger partial charge in [-0.1, -0.05) is 35.0 Å². The number of carbonyl (C=O) groups is 1. The Morgan fingerprint density at radius 3 is 2.25 bits per heavy atom. The van der Waals surface area contributed by atoms with Gasteiger partial charge in [-0.05, 0) is 55.8 Å². The number of amides is 1. The molecular weight excluding hydrogens is 444 g/mol. The third kappa shape index (κ3) is 5.80. The Morgan fingerprint density at radius 1 is 1.11 bits per heavy atom. The second-order valence-electron chi connectivity index (χ2n) is 6.18. The summed E-state index contributed by atoms with van der Waals surface area (Å²) in [5, 5.41) is 2.85. The largest absolute Gasteiger partial charge is 0.494 e. The van der Waals surface area contributed by atoms with E-state index in [0.717, 1.165) is 14.3 Å². The highest BCUT2D eigenvalue weighted by atomic mass is 79.9. The summed E-state index contributed by atoms with van der Waals surface area (Å²) in [4.78, 5) is 12.6. The highest BCUT2D eigenvalue weighted by Gasteiger charge is 2.25. The minimum atomic E-state index is -3.77. The zero-order valence-electron chi connectivity index (χ0n) is 16.2. The van der Waals surface area contributed by atoms with Gasteiger partial charge < -0.3 is 10.1 Å². The van der Waals surface area contributed by atoms with Crippen molar-refractivity contribution in [2.75, 3.05) is 19.7 Å². The van der Waals surface area contributed by atoms with Crippen LogP contribution in [0.2, 0.25) is 0 Å². The van der Waals surface area contributed by atoms with E-state index in [1.807, 2.05) is 38.1 Å². The summed E-state index contributed by atoms with van der Waals surface area (Å²) in [6, 6.07) is 13.6. The van der Waals surface area contributed by atoms with E-state index in [-0.39, 0.29) is 29.9 Å². The molecule has 0 aliphatic heterocycles. The molecule has 0 aliphatic rings. The first-order chi connectivity index (χ1) is 13.3. The van der Waals surface area contributed by atoms with Crippen LogP contribution >= 0.6 is 15.9 Å². The van der Waals surface area contributed by atoms with Gasteiger partial charge in [0.15, 0.2) is 0 Å². The first kappa shape index (κ1) is 22.4. The van der Waals surface area contributed by atoms with Gasteiger partial charge in [0.05, 0.1) is 24.1 Å². The quantitative estimate of drug-likeness (QED) is 0.607. The fourth-order valence-corrected chi connectivity index (χ4v) is 4.34. The van der Waals surface area contributed by atoms with E-state index in [4.69, 9.17) is 4.74 Å². The highest BCUT2D eigenvalue weighted by molar-refractivity contribution is 9.10. The van der Waals surface area contributed by atoms with E-state index in [1.165, 1.54) is 12.1 Å². The van der Waals surface area contributed by atoms with E-state index >= 15 is 0 Å². The van der Waals surface area contributed by atoms with E-state index in [1.54, 1.807) is 19.1 Å². The van der Waals surface area contributed by atoms with Crippen molar-refractivity contribution in [3.63, 3.8) is 0 Å². The average molecular weight is 469 g/mol. The molecule has 1 N–H and O–H groups in total. The summed E-state index contributed by atoms with van der Waals surface area (Å²) in [5.41, 5.74) is 0.939. The van der Waals surface area contributed by atoms with Crippen LogP contribution in [0, 0.1) is 0 Å². The van der Waals surface area contributed by atoms with Crippen molar-refractivity contribution in [3.8, 4) is 5.75 Å². The summed E-state index contributed by atoms with van der Waals surface area (Å²) < 4.78 is 33.2. The highest BCUT2D eigenvalue weighted by Crippen LogP contribution is 2.20. The number of rotatable bonds is 9. The number of sulfonamides is 1. The van der Waals surface area contributed by atoms with Crippen LogP contribution in [-0.2, 0) is 14.8 Å². The van der Waals surface area contributed by atoms with Gasteiger partial charge in [0.1, 0.15) is 5.75 Å². The van der Waals surface area contributed by atoms with Gasteiger partial charge >= 0.3 is 0 Å². The number of ether oxygens (including phenoxy) is 1. The lowest BCUT2D eigenvalue weighted by Gasteiger charge is -2.22. The maximum atomic E-state index is 12.9. The van der Waals surface area contributed by atoms with Crippen LogP contribution < -0.4 is 10.1 Å². The number of carbonyl (C=O) groups excluding carboxylic acids is 1. The Bertz CT molecular complexity index is 883. The molecule has 0 heterocycles. The van der Waals surface area contributed by atoms with E-state index in [2.05, 4.69) is 21.2 Å². The van der Waals surface area contributed by atoms with E-state index in [9.17, 15) is 13.2 Å². The van der Waals surface area contributed by atoms with Gasteiger partial charge in [0, 0.05) is 11.0 Å². The molecule has 1 unspecified atom stereocenters. The third-order valence-corrected chi connectivity index (χ3v) is 6.66. The van der Waals surface area contributed by atoms with Crippen LogP contribution in [0.3, 0.4) is 0 Å². The Morgan fingerprint density at radius 2 is 1.71 bits per heavy atom. The van der Waals surface area contributed by atoms with Crippen LogP contribution in [0.15, 0.2) is 57.9 Å². The second kappa shape index (κ2) is 10.0. The molecule has 0 radical (unpaired) electrons. The zero-order chi connectivity index (χ0) is 20.7. The van der Waals surface area contributed by atoms with Crippen molar-refractivity contribution in [2.45, 2.75) is 31.7 Å². The molecule has 1 atom stereocenters. The molecule has 28 heavy (non-hydrogen) atoms. The Kier molecular flexibility index (Phi) is 8.03. The van der Waals surface area contributed by atoms with Crippen molar-refractivity contribution in [1.29, 1.82) is 0 Å². The smallest absolute Gasteiger partial charge is 0.243 e. The molecule has 152 valence electrons. The van der Waals surface area contributed by atoms with Crippen molar-refractivity contribution in [3.05, 3.63) is 58.6 Å². The van der Waals surface area contributed by atoms with Gasteiger partial charge in [-0.15, -0.1) is 0 Å². The summed E-state index contributed by atoms with van der Waals surface area (Å²) in [5.74, 6) is 0.248. The number of hydrogen-bond acceptors (Lipinski definition) is 4. The van der Waals surface area contributed by atoms with Gasteiger partial charge in [-0.3, -0.25) is 4.79 Å². The molecule has 0 fully saturated rings. The topological polar surface area (TPSA) is 75.7 Å². The lowest BCUT2D eigenvalue weighted by atomic mass is 10.1. The van der Waals surface area contributed by atoms with E-state index < -0.39 is 10.0 Å². The van der Waals surface area contributed by atoms with Crippen molar-refractivity contribution >= 4 is 31.9 Å². The standard InChI is InChI=1S/C20H25BrN2O4S/c1-4-23(28(25,26)19-12-10-18(11-13-19)27-5-2)14-20(24)22-15(3)16-6-8-17(21)9-7-16/h6-13,15H,4-5,14H2,1-3H3,(H,22,24). The molecule has 0 bridgehead atoms. The first-order valence-corrected chi connectivity index (χ1v) is 11.3. The molecule has 1 amide bonds. The maximum Gasteiger partial charge on any atom is 0.243 e. The lowest BCUT2D eigenvalue weighted by molar-refractivity contribution is -0.121. The normalized spacial score (nSPS) is 12.6. The van der Waals surface area contributed by atoms with Crippen LogP contribution in [0.4, 0.5) is 0 Å². The van der Waals surface area contributed by atoms with Crippen LogP contribution in [-0.4, -0.2) is 38.3 Å². The fraction of sp³-hybridized carbons (Fsp3) is 0.350. The fourth-order valence-electron chi connectivity index (χ4n) is 2.67. The summed E-state index contributed by atoms with van der Waals surface area (Å²) in [6.45, 7) is 5.87. The van der Waals surface area contributed by atoms with Gasteiger partial charge in [0.25, 0.3) is 0 Å². The Labute approximate surface area is 175 Å². The van der Waals surface area contributed by atoms with Crippen molar-refractivity contribution in [1.82, 2.24) is 9.62 Å². The van der Waals surface area contributed by atoms with Crippen LogP contribution in [0.1, 0.15) is 32.4 Å². The third-order valence-electron chi connectivity index (χ3n) is 4.19. The van der Waals surface area contributed by atoms with Gasteiger partial charge in [0.2, 0.25) is 15.9 Å². The molecule has 0 saturated carbocycles. The van der Waals surface area contributed by atoms with Gasteiger partial charge in [-0.2, -0.15) is 4.31 Å². The summed E-state index contributed by atoms with van der Waals surface area (Å²) in [7, 11) is -3.77. The van der Waals surface area contributed by atoms with Gasteiger partial charge in [-0.25, -0.2) is 8.42 Å². The molecule has 2 aromatic rings. The minimum Gasteiger partial charge on any atom is -0.494 e. The molecule has 2 rings (SSSR count). The maximum absolute atomic E-state index is 12.9. The summed E-state index contributed by atoms with van der Waals surface area (Å²) >= 11 is 3.38. The van der Waals surface area contributed by atoms with E-state index in [0.29, 0.717) is 12.4 Å². The molecule has 2 aromatic carbocycles. The first-order valence-electron chi connectivity index (χ1n) is 9.05. The molecule has 0 saturated heterocycles. The minimum absolute atomic E-state index is 0.131. The SMILES string of the molecule is CCOc1ccc(S(=O)(=O)N(CC)CC(=O)NC(C)c2ccc(Br)cc2)cc1. The number of hydrogen-bond donors (Lipinski definition) is 1. The lowest BCUT2D eigenvalue weighted by Crippen LogP contribution is -2.41. The molecule has 0 aliphatic carbocycles. The van der Waals surface area contributed by atoms with Crippen molar-refractivity contribution < 1.29 is 17.9 Å². The Balaban J connectivity index is 2.06. The zero-order valence-corrected chi connectivity index (χ0v) is 18.6. The second-order valence-corrected chi connectivity index (χ2v) is 9.03. The average Bonchev–Trinajstić information content (AvgIpc) is 2.67. The summed E-state index contributed by atoms with van der Waals surface area (Å²) in [6.07, 6.45) is 0. The monoisotopic (exact) mass is 468 g/mol. The Hall–Kier alpha value is -1.90. The number of benzene rings is 2. The molecule has 6 nitrogen and oxygen atoms in total. The number of nitrogens with zero attached hydrogens (tertiary/aromatic N) is 1.